The molecule has 0 atom stereocenters. The molecule has 0 aromatic heterocycles. The van der Waals surface area contributed by atoms with Gasteiger partial charge in [-0.15, -0.1) is 0 Å². The molecule has 0 aliphatic rings. The van der Waals surface area contributed by atoms with E-state index in [1.165, 1.54) is 11.1 Å². The van der Waals surface area contributed by atoms with Crippen molar-refractivity contribution in [2.75, 3.05) is 11.9 Å². The van der Waals surface area contributed by atoms with E-state index in [4.69, 9.17) is 0 Å². The lowest BCUT2D eigenvalue weighted by Gasteiger charge is -2.08. The summed E-state index contributed by atoms with van der Waals surface area (Å²) in [5, 5.41) is 5.78. The molecule has 0 aliphatic heterocycles. The zero-order valence-corrected chi connectivity index (χ0v) is 15.9. The molecule has 0 saturated heterocycles. The van der Waals surface area contributed by atoms with Crippen LogP contribution in [0.4, 0.5) is 5.69 Å². The van der Waals surface area contributed by atoms with Gasteiger partial charge in [-0.2, -0.15) is 0 Å². The second-order valence-corrected chi connectivity index (χ2v) is 6.57. The van der Waals surface area contributed by atoms with Gasteiger partial charge in [0.2, 0.25) is 0 Å². The van der Waals surface area contributed by atoms with Gasteiger partial charge in [0.25, 0.3) is 11.8 Å². The van der Waals surface area contributed by atoms with Crippen molar-refractivity contribution in [3.8, 4) is 0 Å². The number of anilines is 1. The third kappa shape index (κ3) is 5.30. The quantitative estimate of drug-likeness (QED) is 0.643. The lowest BCUT2D eigenvalue weighted by Crippen LogP contribution is -2.25. The zero-order valence-electron chi connectivity index (χ0n) is 15.9. The molecule has 0 heterocycles. The Balaban J connectivity index is 1.53. The Bertz CT molecular complexity index is 917. The fourth-order valence-electron chi connectivity index (χ4n) is 2.87. The molecule has 0 bridgehead atoms. The van der Waals surface area contributed by atoms with Crippen molar-refractivity contribution in [2.45, 2.75) is 19.8 Å². The van der Waals surface area contributed by atoms with Gasteiger partial charge in [0.05, 0.1) is 0 Å². The van der Waals surface area contributed by atoms with Crippen LogP contribution in [-0.4, -0.2) is 18.4 Å². The molecule has 142 valence electrons. The molecule has 3 aromatic rings. The molecule has 28 heavy (non-hydrogen) atoms. The normalized spacial score (nSPS) is 10.3. The van der Waals surface area contributed by atoms with Crippen LogP contribution in [0.2, 0.25) is 0 Å². The van der Waals surface area contributed by atoms with Gasteiger partial charge in [-0.3, -0.25) is 9.59 Å². The lowest BCUT2D eigenvalue weighted by atomic mass is 10.1. The van der Waals surface area contributed by atoms with Gasteiger partial charge in [0, 0.05) is 23.4 Å². The van der Waals surface area contributed by atoms with Crippen molar-refractivity contribution in [1.82, 2.24) is 5.32 Å². The molecule has 0 fully saturated rings. The second kappa shape index (κ2) is 9.51. The molecule has 0 spiro atoms. The first-order valence-corrected chi connectivity index (χ1v) is 9.48. The van der Waals surface area contributed by atoms with Crippen LogP contribution in [0.1, 0.15) is 38.8 Å². The second-order valence-electron chi connectivity index (χ2n) is 6.57. The first-order chi connectivity index (χ1) is 13.7. The van der Waals surface area contributed by atoms with E-state index < -0.39 is 0 Å². The Hall–Kier alpha value is -3.40. The highest BCUT2D eigenvalue weighted by molar-refractivity contribution is 6.05. The fraction of sp³-hybridized carbons (Fsp3) is 0.167. The minimum absolute atomic E-state index is 0.141. The number of nitrogens with one attached hydrogen (secondary N) is 2. The van der Waals surface area contributed by atoms with E-state index >= 15 is 0 Å². The van der Waals surface area contributed by atoms with E-state index in [0.29, 0.717) is 17.7 Å². The Morgan fingerprint density at radius 3 is 1.93 bits per heavy atom. The summed E-state index contributed by atoms with van der Waals surface area (Å²) in [6, 6.07) is 24.5. The summed E-state index contributed by atoms with van der Waals surface area (Å²) in [5.74, 6) is -0.335. The van der Waals surface area contributed by atoms with Gasteiger partial charge in [-0.1, -0.05) is 49.4 Å². The number of carbonyl (C=O) groups is 2. The number of hydrogen-bond donors (Lipinski definition) is 2. The highest BCUT2D eigenvalue weighted by atomic mass is 16.2. The monoisotopic (exact) mass is 372 g/mol. The summed E-state index contributed by atoms with van der Waals surface area (Å²) in [5.41, 5.74) is 4.21. The van der Waals surface area contributed by atoms with Crippen molar-refractivity contribution in [3.63, 3.8) is 0 Å². The van der Waals surface area contributed by atoms with Gasteiger partial charge in [-0.25, -0.2) is 0 Å². The van der Waals surface area contributed by atoms with E-state index in [2.05, 4.69) is 17.6 Å². The maximum absolute atomic E-state index is 12.4. The Labute approximate surface area is 165 Å². The lowest BCUT2D eigenvalue weighted by molar-refractivity contribution is 0.0952. The van der Waals surface area contributed by atoms with Crippen LogP contribution < -0.4 is 10.6 Å². The number of benzene rings is 3. The standard InChI is InChI=1S/C24H24N2O2/c1-2-18-8-14-22(15-9-18)26-24(28)21-12-10-20(11-13-21)23(27)25-17-16-19-6-4-3-5-7-19/h3-15H,2,16-17H2,1H3,(H,25,27)(H,26,28). The van der Waals surface area contributed by atoms with Crippen molar-refractivity contribution >= 4 is 17.5 Å². The summed E-state index contributed by atoms with van der Waals surface area (Å²) in [7, 11) is 0. The molecular weight excluding hydrogens is 348 g/mol. The topological polar surface area (TPSA) is 58.2 Å². The van der Waals surface area contributed by atoms with Gasteiger partial charge in [0.1, 0.15) is 0 Å². The molecule has 4 nitrogen and oxygen atoms in total. The molecule has 3 rings (SSSR count). The maximum atomic E-state index is 12.4. The maximum Gasteiger partial charge on any atom is 0.255 e. The van der Waals surface area contributed by atoms with Crippen LogP contribution in [0.25, 0.3) is 0 Å². The highest BCUT2D eigenvalue weighted by Gasteiger charge is 2.09. The predicted octanol–water partition coefficient (Wildman–Crippen LogP) is 4.47. The van der Waals surface area contributed by atoms with Crippen LogP contribution in [-0.2, 0) is 12.8 Å². The van der Waals surface area contributed by atoms with Gasteiger partial charge >= 0.3 is 0 Å². The fourth-order valence-corrected chi connectivity index (χ4v) is 2.87. The SMILES string of the molecule is CCc1ccc(NC(=O)c2ccc(C(=O)NCCc3ccccc3)cc2)cc1. The van der Waals surface area contributed by atoms with Crippen molar-refractivity contribution in [1.29, 1.82) is 0 Å². The number of rotatable bonds is 7. The van der Waals surface area contributed by atoms with Crippen LogP contribution in [0, 0.1) is 0 Å². The van der Waals surface area contributed by atoms with Crippen LogP contribution in [0.3, 0.4) is 0 Å². The summed E-state index contributed by atoms with van der Waals surface area (Å²) >= 11 is 0. The Kier molecular flexibility index (Phi) is 6.58. The van der Waals surface area contributed by atoms with Gasteiger partial charge in [0.15, 0.2) is 0 Å². The molecule has 3 aromatic carbocycles. The molecule has 2 N–H and O–H groups in total. The Morgan fingerprint density at radius 2 is 1.32 bits per heavy atom. The Morgan fingerprint density at radius 1 is 0.714 bits per heavy atom. The third-order valence-electron chi connectivity index (χ3n) is 4.57. The minimum Gasteiger partial charge on any atom is -0.352 e. The predicted molar refractivity (Wildman–Crippen MR) is 113 cm³/mol. The average molecular weight is 372 g/mol. The summed E-state index contributed by atoms with van der Waals surface area (Å²) in [6.45, 7) is 2.66. The number of aryl methyl sites for hydroxylation is 1. The van der Waals surface area contributed by atoms with Gasteiger partial charge in [-0.05, 0) is 60.4 Å². The van der Waals surface area contributed by atoms with Crippen molar-refractivity contribution in [3.05, 3.63) is 101 Å². The van der Waals surface area contributed by atoms with E-state index in [-0.39, 0.29) is 11.8 Å². The highest BCUT2D eigenvalue weighted by Crippen LogP contribution is 2.12. The number of carbonyl (C=O) groups excluding carboxylic acids is 2. The largest absolute Gasteiger partial charge is 0.352 e. The summed E-state index contributed by atoms with van der Waals surface area (Å²) < 4.78 is 0. The van der Waals surface area contributed by atoms with E-state index in [0.717, 1.165) is 18.5 Å². The van der Waals surface area contributed by atoms with E-state index in [1.54, 1.807) is 24.3 Å². The molecule has 0 radical (unpaired) electrons. The van der Waals surface area contributed by atoms with Crippen molar-refractivity contribution < 1.29 is 9.59 Å². The van der Waals surface area contributed by atoms with E-state index in [9.17, 15) is 9.59 Å². The third-order valence-corrected chi connectivity index (χ3v) is 4.57. The van der Waals surface area contributed by atoms with Crippen molar-refractivity contribution in [2.24, 2.45) is 0 Å². The summed E-state index contributed by atoms with van der Waals surface area (Å²) in [6.07, 6.45) is 1.74. The molecule has 0 saturated carbocycles. The molecular formula is C24H24N2O2. The molecule has 4 heteroatoms. The average Bonchev–Trinajstić information content (AvgIpc) is 2.75. The smallest absolute Gasteiger partial charge is 0.255 e. The molecule has 0 aliphatic carbocycles. The molecule has 0 unspecified atom stereocenters. The van der Waals surface area contributed by atoms with E-state index in [1.807, 2.05) is 54.6 Å². The zero-order chi connectivity index (χ0) is 19.8. The van der Waals surface area contributed by atoms with Crippen LogP contribution in [0.5, 0.6) is 0 Å². The minimum atomic E-state index is -0.194. The molecule has 2 amide bonds. The van der Waals surface area contributed by atoms with Crippen LogP contribution in [0.15, 0.2) is 78.9 Å². The first kappa shape index (κ1) is 19.4. The van der Waals surface area contributed by atoms with Gasteiger partial charge < -0.3 is 10.6 Å². The number of hydrogen-bond acceptors (Lipinski definition) is 2. The summed E-state index contributed by atoms with van der Waals surface area (Å²) in [4.78, 5) is 24.6. The first-order valence-electron chi connectivity index (χ1n) is 9.48. The number of amides is 2. The van der Waals surface area contributed by atoms with Crippen LogP contribution >= 0.6 is 0 Å².